The molecule has 3 rings (SSSR count). The minimum atomic E-state index is 0.138. The standard InChI is InChI=1S/C22H26ClN3OS2/c1-16-6-11-19-20(15-16)29-22(24-19)26(13-12-25(2)3)21(27)5-4-14-28-18-9-7-17(23)8-10-18/h6-11,15H,4-5,12-14H2,1-3H3. The van der Waals surface area contributed by atoms with Crippen LogP contribution in [0.2, 0.25) is 5.02 Å². The maximum atomic E-state index is 13.0. The van der Waals surface area contributed by atoms with Crippen LogP contribution in [0.15, 0.2) is 47.4 Å². The van der Waals surface area contributed by atoms with Crippen molar-refractivity contribution < 1.29 is 4.79 Å². The molecule has 0 spiro atoms. The molecule has 4 nitrogen and oxygen atoms in total. The monoisotopic (exact) mass is 447 g/mol. The fourth-order valence-electron chi connectivity index (χ4n) is 2.84. The molecule has 0 saturated carbocycles. The molecule has 3 aromatic rings. The zero-order valence-corrected chi connectivity index (χ0v) is 19.4. The molecular weight excluding hydrogens is 422 g/mol. The lowest BCUT2D eigenvalue weighted by atomic mass is 10.2. The van der Waals surface area contributed by atoms with Crippen molar-refractivity contribution >= 4 is 56.0 Å². The van der Waals surface area contributed by atoms with Crippen LogP contribution in [-0.4, -0.2) is 48.7 Å². The fraction of sp³-hybridized carbons (Fsp3) is 0.364. The second-order valence-corrected chi connectivity index (χ2v) is 9.84. The Morgan fingerprint density at radius 3 is 2.62 bits per heavy atom. The van der Waals surface area contributed by atoms with E-state index in [1.807, 2.05) is 49.3 Å². The number of hydrogen-bond donors (Lipinski definition) is 0. The van der Waals surface area contributed by atoms with Crippen LogP contribution in [-0.2, 0) is 4.79 Å². The molecule has 29 heavy (non-hydrogen) atoms. The molecule has 0 aliphatic carbocycles. The van der Waals surface area contributed by atoms with E-state index in [9.17, 15) is 4.79 Å². The van der Waals surface area contributed by atoms with Crippen LogP contribution in [0.1, 0.15) is 18.4 Å². The third kappa shape index (κ3) is 6.44. The van der Waals surface area contributed by atoms with E-state index < -0.39 is 0 Å². The molecule has 0 bridgehead atoms. The minimum Gasteiger partial charge on any atom is -0.308 e. The number of thiazole rings is 1. The quantitative estimate of drug-likeness (QED) is 0.310. The van der Waals surface area contributed by atoms with Crippen LogP contribution < -0.4 is 4.90 Å². The zero-order valence-electron chi connectivity index (χ0n) is 17.0. The number of benzene rings is 2. The van der Waals surface area contributed by atoms with Crippen LogP contribution in [0.4, 0.5) is 5.13 Å². The predicted octanol–water partition coefficient (Wildman–Crippen LogP) is 5.73. The number of hydrogen-bond acceptors (Lipinski definition) is 5. The van der Waals surface area contributed by atoms with Gasteiger partial charge in [0.05, 0.1) is 10.2 Å². The predicted molar refractivity (Wildman–Crippen MR) is 127 cm³/mol. The van der Waals surface area contributed by atoms with Crippen molar-refractivity contribution in [3.63, 3.8) is 0 Å². The Balaban J connectivity index is 1.63. The van der Waals surface area contributed by atoms with Gasteiger partial charge in [-0.25, -0.2) is 4.98 Å². The highest BCUT2D eigenvalue weighted by Crippen LogP contribution is 2.30. The van der Waals surface area contributed by atoms with E-state index >= 15 is 0 Å². The fourth-order valence-corrected chi connectivity index (χ4v) is 4.93. The van der Waals surface area contributed by atoms with Gasteiger partial charge in [-0.2, -0.15) is 0 Å². The third-order valence-corrected chi connectivity index (χ3v) is 6.84. The van der Waals surface area contributed by atoms with Gasteiger partial charge in [-0.1, -0.05) is 29.0 Å². The molecule has 0 N–H and O–H groups in total. The molecule has 0 unspecified atom stereocenters. The van der Waals surface area contributed by atoms with Gasteiger partial charge in [0.2, 0.25) is 5.91 Å². The lowest BCUT2D eigenvalue weighted by Crippen LogP contribution is -2.36. The minimum absolute atomic E-state index is 0.138. The van der Waals surface area contributed by atoms with Crippen LogP contribution in [0.3, 0.4) is 0 Å². The summed E-state index contributed by atoms with van der Waals surface area (Å²) in [5, 5.41) is 1.54. The summed E-state index contributed by atoms with van der Waals surface area (Å²) < 4.78 is 1.13. The molecule has 7 heteroatoms. The van der Waals surface area contributed by atoms with Crippen LogP contribution in [0.25, 0.3) is 10.2 Å². The Morgan fingerprint density at radius 1 is 1.14 bits per heavy atom. The largest absolute Gasteiger partial charge is 0.308 e. The van der Waals surface area contributed by atoms with Crippen LogP contribution >= 0.6 is 34.7 Å². The topological polar surface area (TPSA) is 36.4 Å². The first-order chi connectivity index (χ1) is 13.9. The molecular formula is C22H26ClN3OS2. The molecule has 154 valence electrons. The summed E-state index contributed by atoms with van der Waals surface area (Å²) in [6, 6.07) is 14.0. The molecule has 0 fully saturated rings. The number of thioether (sulfide) groups is 1. The van der Waals surface area contributed by atoms with Crippen LogP contribution in [0, 0.1) is 6.92 Å². The smallest absolute Gasteiger partial charge is 0.228 e. The highest BCUT2D eigenvalue weighted by molar-refractivity contribution is 7.99. The number of aromatic nitrogens is 1. The first-order valence-corrected chi connectivity index (χ1v) is 11.8. The van der Waals surface area contributed by atoms with Crippen molar-refractivity contribution in [2.24, 2.45) is 0 Å². The Labute approximate surface area is 185 Å². The molecule has 0 atom stereocenters. The van der Waals surface area contributed by atoms with Gasteiger partial charge in [-0.05, 0) is 75.2 Å². The van der Waals surface area contributed by atoms with E-state index in [-0.39, 0.29) is 5.91 Å². The first-order valence-electron chi connectivity index (χ1n) is 9.63. The molecule has 1 aromatic heterocycles. The van der Waals surface area contributed by atoms with Gasteiger partial charge < -0.3 is 4.90 Å². The third-order valence-electron chi connectivity index (χ3n) is 4.45. The van der Waals surface area contributed by atoms with Crippen LogP contribution in [0.5, 0.6) is 0 Å². The molecule has 0 saturated heterocycles. The molecule has 2 aromatic carbocycles. The number of amides is 1. The highest BCUT2D eigenvalue weighted by atomic mass is 35.5. The molecule has 0 aliphatic heterocycles. The summed E-state index contributed by atoms with van der Waals surface area (Å²) in [6.45, 7) is 3.53. The van der Waals surface area contributed by atoms with E-state index in [1.165, 1.54) is 10.5 Å². The SMILES string of the molecule is Cc1ccc2nc(N(CCN(C)C)C(=O)CCCSc3ccc(Cl)cc3)sc2c1. The average Bonchev–Trinajstić information content (AvgIpc) is 3.09. The number of carbonyl (C=O) groups is 1. The van der Waals surface area contributed by atoms with Gasteiger partial charge in [0, 0.05) is 29.4 Å². The average molecular weight is 448 g/mol. The summed E-state index contributed by atoms with van der Waals surface area (Å²) in [6.07, 6.45) is 1.34. The summed E-state index contributed by atoms with van der Waals surface area (Å²) in [5.74, 6) is 1.04. The summed E-state index contributed by atoms with van der Waals surface area (Å²) >= 11 is 9.28. The van der Waals surface area contributed by atoms with Crippen molar-refractivity contribution in [2.75, 3.05) is 37.8 Å². The second-order valence-electron chi connectivity index (χ2n) is 7.22. The Hall–Kier alpha value is -1.60. The Morgan fingerprint density at radius 2 is 1.90 bits per heavy atom. The van der Waals surface area contributed by atoms with Gasteiger partial charge >= 0.3 is 0 Å². The highest BCUT2D eigenvalue weighted by Gasteiger charge is 2.19. The molecule has 1 heterocycles. The van der Waals surface area contributed by atoms with E-state index in [0.29, 0.717) is 13.0 Å². The molecule has 0 aliphatic rings. The Kier molecular flexibility index (Phi) is 7.95. The maximum absolute atomic E-state index is 13.0. The van der Waals surface area contributed by atoms with Gasteiger partial charge in [0.25, 0.3) is 0 Å². The zero-order chi connectivity index (χ0) is 20.8. The normalized spacial score (nSPS) is 11.3. The van der Waals surface area contributed by atoms with Crippen molar-refractivity contribution in [2.45, 2.75) is 24.7 Å². The maximum Gasteiger partial charge on any atom is 0.228 e. The number of aryl methyl sites for hydroxylation is 1. The number of nitrogens with zero attached hydrogens (tertiary/aromatic N) is 3. The number of halogens is 1. The van der Waals surface area contributed by atoms with E-state index in [0.717, 1.165) is 39.1 Å². The van der Waals surface area contributed by atoms with Crippen molar-refractivity contribution in [3.05, 3.63) is 53.1 Å². The number of fused-ring (bicyclic) bond motifs is 1. The van der Waals surface area contributed by atoms with E-state index in [1.54, 1.807) is 23.1 Å². The van der Waals surface area contributed by atoms with Crippen molar-refractivity contribution in [1.29, 1.82) is 0 Å². The number of rotatable bonds is 9. The summed E-state index contributed by atoms with van der Waals surface area (Å²) in [4.78, 5) is 22.8. The Bertz CT molecular complexity index is 956. The van der Waals surface area contributed by atoms with E-state index in [2.05, 4.69) is 24.0 Å². The van der Waals surface area contributed by atoms with Gasteiger partial charge in [-0.3, -0.25) is 9.69 Å². The van der Waals surface area contributed by atoms with Gasteiger partial charge in [-0.15, -0.1) is 11.8 Å². The molecule has 1 amide bonds. The molecule has 0 radical (unpaired) electrons. The lowest BCUT2D eigenvalue weighted by molar-refractivity contribution is -0.118. The van der Waals surface area contributed by atoms with Crippen molar-refractivity contribution in [1.82, 2.24) is 9.88 Å². The summed E-state index contributed by atoms with van der Waals surface area (Å²) in [7, 11) is 4.04. The summed E-state index contributed by atoms with van der Waals surface area (Å²) in [5.41, 5.74) is 2.16. The number of anilines is 1. The van der Waals surface area contributed by atoms with Gasteiger partial charge in [0.15, 0.2) is 5.13 Å². The van der Waals surface area contributed by atoms with E-state index in [4.69, 9.17) is 16.6 Å². The van der Waals surface area contributed by atoms with Gasteiger partial charge in [0.1, 0.15) is 0 Å². The number of carbonyl (C=O) groups excluding carboxylic acids is 1. The lowest BCUT2D eigenvalue weighted by Gasteiger charge is -2.22. The second kappa shape index (κ2) is 10.4. The van der Waals surface area contributed by atoms with Crippen molar-refractivity contribution in [3.8, 4) is 0 Å². The number of likely N-dealkylation sites (N-methyl/N-ethyl adjacent to an activating group) is 1. The first kappa shape index (κ1) is 22.1.